The van der Waals surface area contributed by atoms with Gasteiger partial charge in [0.05, 0.1) is 6.04 Å². The zero-order valence-corrected chi connectivity index (χ0v) is 7.14. The molecule has 2 atom stereocenters. The molecule has 0 fully saturated rings. The maximum atomic E-state index is 10.3. The van der Waals surface area contributed by atoms with Crippen molar-refractivity contribution in [2.24, 2.45) is 5.92 Å². The van der Waals surface area contributed by atoms with Crippen molar-refractivity contribution >= 4 is 15.0 Å². The fourth-order valence-corrected chi connectivity index (χ4v) is 1.26. The summed E-state index contributed by atoms with van der Waals surface area (Å²) >= 11 is 0. The topological polar surface area (TPSA) is 29.1 Å². The SMILES string of the molecule is CPNC(C=O)C(C)C. The summed E-state index contributed by atoms with van der Waals surface area (Å²) in [6, 6.07) is 0.0494. The van der Waals surface area contributed by atoms with Crippen LogP contribution in [0.15, 0.2) is 0 Å². The van der Waals surface area contributed by atoms with Gasteiger partial charge in [0.15, 0.2) is 0 Å². The third-order valence-corrected chi connectivity index (χ3v) is 1.80. The number of carbonyl (C=O) groups is 1. The largest absolute Gasteiger partial charge is 0.302 e. The molecule has 9 heavy (non-hydrogen) atoms. The maximum absolute atomic E-state index is 10.3. The van der Waals surface area contributed by atoms with E-state index in [4.69, 9.17) is 0 Å². The molecule has 0 saturated carbocycles. The van der Waals surface area contributed by atoms with Gasteiger partial charge in [0.25, 0.3) is 0 Å². The molecule has 2 nitrogen and oxygen atoms in total. The molecule has 54 valence electrons. The number of hydrogen-bond acceptors (Lipinski definition) is 2. The van der Waals surface area contributed by atoms with Crippen LogP contribution < -0.4 is 5.09 Å². The van der Waals surface area contributed by atoms with Crippen molar-refractivity contribution < 1.29 is 4.79 Å². The van der Waals surface area contributed by atoms with E-state index in [1.54, 1.807) is 0 Å². The zero-order chi connectivity index (χ0) is 7.28. The Kier molecular flexibility index (Phi) is 4.93. The zero-order valence-electron chi connectivity index (χ0n) is 6.14. The summed E-state index contributed by atoms with van der Waals surface area (Å²) in [7, 11) is 0.656. The van der Waals surface area contributed by atoms with Gasteiger partial charge < -0.3 is 4.79 Å². The molecule has 0 saturated heterocycles. The Labute approximate surface area is 58.2 Å². The second kappa shape index (κ2) is 4.89. The molecule has 1 N–H and O–H groups in total. The fourth-order valence-electron chi connectivity index (χ4n) is 0.524. The van der Waals surface area contributed by atoms with E-state index in [1.165, 1.54) is 0 Å². The van der Waals surface area contributed by atoms with Gasteiger partial charge in [-0.3, -0.25) is 5.09 Å². The molecule has 0 rings (SSSR count). The van der Waals surface area contributed by atoms with Crippen molar-refractivity contribution in [1.82, 2.24) is 5.09 Å². The van der Waals surface area contributed by atoms with Crippen LogP contribution in [0.25, 0.3) is 0 Å². The summed E-state index contributed by atoms with van der Waals surface area (Å²) in [6.07, 6.45) is 0.973. The van der Waals surface area contributed by atoms with Crippen LogP contribution in [-0.2, 0) is 4.79 Å². The van der Waals surface area contributed by atoms with Gasteiger partial charge in [-0.1, -0.05) is 22.6 Å². The van der Waals surface area contributed by atoms with Crippen molar-refractivity contribution in [2.75, 3.05) is 6.66 Å². The van der Waals surface area contributed by atoms with E-state index in [-0.39, 0.29) is 6.04 Å². The van der Waals surface area contributed by atoms with Crippen LogP contribution >= 0.6 is 8.73 Å². The molecule has 0 aliphatic heterocycles. The molecule has 0 radical (unpaired) electrons. The normalized spacial score (nSPS) is 15.1. The first kappa shape index (κ1) is 9.06. The van der Waals surface area contributed by atoms with E-state index in [9.17, 15) is 4.79 Å². The highest BCUT2D eigenvalue weighted by Crippen LogP contribution is 2.04. The summed E-state index contributed by atoms with van der Waals surface area (Å²) in [5.74, 6) is 0.412. The van der Waals surface area contributed by atoms with Crippen LogP contribution in [-0.4, -0.2) is 19.0 Å². The third-order valence-electron chi connectivity index (χ3n) is 1.18. The molecule has 0 aliphatic carbocycles. The molecule has 0 amide bonds. The van der Waals surface area contributed by atoms with Crippen LogP contribution in [0.2, 0.25) is 0 Å². The Morgan fingerprint density at radius 2 is 2.11 bits per heavy atom. The lowest BCUT2D eigenvalue weighted by molar-refractivity contribution is -0.109. The minimum atomic E-state index is 0.0494. The Hall–Kier alpha value is 0.0600. The van der Waals surface area contributed by atoms with E-state index >= 15 is 0 Å². The van der Waals surface area contributed by atoms with E-state index in [2.05, 4.69) is 5.09 Å². The van der Waals surface area contributed by atoms with Crippen molar-refractivity contribution in [3.63, 3.8) is 0 Å². The van der Waals surface area contributed by atoms with Crippen molar-refractivity contribution in [3.05, 3.63) is 0 Å². The van der Waals surface area contributed by atoms with E-state index in [0.29, 0.717) is 14.6 Å². The molecule has 3 heteroatoms. The lowest BCUT2D eigenvalue weighted by atomic mass is 10.1. The van der Waals surface area contributed by atoms with Gasteiger partial charge in [0.1, 0.15) is 6.29 Å². The first-order chi connectivity index (χ1) is 4.22. The van der Waals surface area contributed by atoms with Gasteiger partial charge in [0, 0.05) is 0 Å². The smallest absolute Gasteiger partial charge is 0.137 e. The number of carbonyl (C=O) groups excluding carboxylic acids is 1. The third kappa shape index (κ3) is 3.61. The van der Waals surface area contributed by atoms with E-state index < -0.39 is 0 Å². The van der Waals surface area contributed by atoms with Crippen molar-refractivity contribution in [1.29, 1.82) is 0 Å². The monoisotopic (exact) mass is 147 g/mol. The van der Waals surface area contributed by atoms with Gasteiger partial charge in [-0.15, -0.1) is 0 Å². The standard InChI is InChI=1S/C6H14NOP/c1-5(2)6(4-8)7-9-3/h4-7,9H,1-3H3. The second-order valence-corrected chi connectivity index (χ2v) is 3.09. The van der Waals surface area contributed by atoms with Crippen LogP contribution in [0.1, 0.15) is 13.8 Å². The molecule has 2 unspecified atom stereocenters. The Morgan fingerprint density at radius 1 is 1.56 bits per heavy atom. The Morgan fingerprint density at radius 3 is 2.22 bits per heavy atom. The molecule has 0 bridgehead atoms. The molecule has 0 spiro atoms. The number of rotatable bonds is 4. The predicted octanol–water partition coefficient (Wildman–Crippen LogP) is 1.02. The lowest BCUT2D eigenvalue weighted by Gasteiger charge is -2.13. The van der Waals surface area contributed by atoms with Gasteiger partial charge in [-0.25, -0.2) is 0 Å². The number of aldehydes is 1. The Bertz CT molecular complexity index is 85.1. The summed E-state index contributed by atoms with van der Waals surface area (Å²) in [5.41, 5.74) is 0. The van der Waals surface area contributed by atoms with E-state index in [0.717, 1.165) is 6.29 Å². The van der Waals surface area contributed by atoms with Gasteiger partial charge in [0.2, 0.25) is 0 Å². The minimum absolute atomic E-state index is 0.0494. The summed E-state index contributed by atoms with van der Waals surface area (Å²) in [5, 5.41) is 3.09. The average Bonchev–Trinajstić information content (AvgIpc) is 1.82. The average molecular weight is 147 g/mol. The van der Waals surface area contributed by atoms with Gasteiger partial charge in [-0.05, 0) is 12.6 Å². The molecule has 0 aliphatic rings. The van der Waals surface area contributed by atoms with Crippen molar-refractivity contribution in [3.8, 4) is 0 Å². The molecule has 0 aromatic heterocycles. The van der Waals surface area contributed by atoms with Crippen LogP contribution in [0.4, 0.5) is 0 Å². The highest BCUT2D eigenvalue weighted by molar-refractivity contribution is 7.34. The summed E-state index contributed by atoms with van der Waals surface area (Å²) in [4.78, 5) is 10.3. The van der Waals surface area contributed by atoms with Crippen molar-refractivity contribution in [2.45, 2.75) is 19.9 Å². The lowest BCUT2D eigenvalue weighted by Crippen LogP contribution is -2.28. The molecular formula is C6H14NOP. The maximum Gasteiger partial charge on any atom is 0.137 e. The second-order valence-electron chi connectivity index (χ2n) is 2.30. The highest BCUT2D eigenvalue weighted by Gasteiger charge is 2.08. The van der Waals surface area contributed by atoms with Crippen LogP contribution in [0.5, 0.6) is 0 Å². The Balaban J connectivity index is 3.54. The number of nitrogens with one attached hydrogen (secondary N) is 1. The van der Waals surface area contributed by atoms with Crippen LogP contribution in [0, 0.1) is 5.92 Å². The first-order valence-electron chi connectivity index (χ1n) is 3.10. The summed E-state index contributed by atoms with van der Waals surface area (Å²) < 4.78 is 0. The fraction of sp³-hybridized carbons (Fsp3) is 0.833. The van der Waals surface area contributed by atoms with Crippen LogP contribution in [0.3, 0.4) is 0 Å². The first-order valence-corrected chi connectivity index (χ1v) is 4.60. The molecule has 0 heterocycles. The predicted molar refractivity (Wildman–Crippen MR) is 42.1 cm³/mol. The molecular weight excluding hydrogens is 133 g/mol. The number of hydrogen-bond donors (Lipinski definition) is 1. The minimum Gasteiger partial charge on any atom is -0.302 e. The van der Waals surface area contributed by atoms with Gasteiger partial charge >= 0.3 is 0 Å². The molecule has 0 aromatic carbocycles. The quantitative estimate of drug-likeness (QED) is 0.475. The molecule has 0 aromatic rings. The highest BCUT2D eigenvalue weighted by atomic mass is 31.1. The van der Waals surface area contributed by atoms with Gasteiger partial charge in [-0.2, -0.15) is 0 Å². The van der Waals surface area contributed by atoms with E-state index in [1.807, 2.05) is 20.5 Å². The summed E-state index contributed by atoms with van der Waals surface area (Å²) in [6.45, 7) is 6.09.